The van der Waals surface area contributed by atoms with Gasteiger partial charge in [0.15, 0.2) is 5.58 Å². The SMILES string of the molecule is O=C(CSc1nc2ccccc2o1)Nc1ccc(C2CCNN2)cc1. The molecule has 1 aliphatic rings. The summed E-state index contributed by atoms with van der Waals surface area (Å²) in [5, 5.41) is 3.40. The van der Waals surface area contributed by atoms with Crippen molar-refractivity contribution in [1.29, 1.82) is 0 Å². The molecule has 6 nitrogen and oxygen atoms in total. The fourth-order valence-electron chi connectivity index (χ4n) is 2.77. The van der Waals surface area contributed by atoms with Gasteiger partial charge in [0.25, 0.3) is 5.22 Å². The van der Waals surface area contributed by atoms with Crippen molar-refractivity contribution >= 4 is 34.5 Å². The lowest BCUT2D eigenvalue weighted by molar-refractivity contribution is -0.113. The molecule has 1 unspecified atom stereocenters. The molecule has 1 saturated heterocycles. The smallest absolute Gasteiger partial charge is 0.257 e. The van der Waals surface area contributed by atoms with E-state index in [4.69, 9.17) is 4.42 Å². The van der Waals surface area contributed by atoms with Gasteiger partial charge in [-0.2, -0.15) is 0 Å². The van der Waals surface area contributed by atoms with E-state index in [9.17, 15) is 4.79 Å². The van der Waals surface area contributed by atoms with E-state index in [1.807, 2.05) is 48.5 Å². The molecule has 2 heterocycles. The number of carbonyl (C=O) groups excluding carboxylic acids is 1. The van der Waals surface area contributed by atoms with Crippen LogP contribution in [0.5, 0.6) is 0 Å². The Balaban J connectivity index is 1.32. The number of nitrogens with zero attached hydrogens (tertiary/aromatic N) is 1. The summed E-state index contributed by atoms with van der Waals surface area (Å²) in [5.41, 5.74) is 9.88. The molecule has 3 N–H and O–H groups in total. The van der Waals surface area contributed by atoms with E-state index in [1.54, 1.807) is 0 Å². The highest BCUT2D eigenvalue weighted by atomic mass is 32.2. The molecule has 128 valence electrons. The maximum Gasteiger partial charge on any atom is 0.257 e. The number of para-hydroxylation sites is 2. The fraction of sp³-hybridized carbons (Fsp3) is 0.222. The predicted octanol–water partition coefficient (Wildman–Crippen LogP) is 3.10. The topological polar surface area (TPSA) is 79.2 Å². The van der Waals surface area contributed by atoms with E-state index < -0.39 is 0 Å². The number of hydrogen-bond acceptors (Lipinski definition) is 6. The van der Waals surface area contributed by atoms with Crippen LogP contribution in [0.2, 0.25) is 0 Å². The monoisotopic (exact) mass is 354 g/mol. The molecule has 1 aromatic heterocycles. The predicted molar refractivity (Wildman–Crippen MR) is 98.3 cm³/mol. The van der Waals surface area contributed by atoms with Gasteiger partial charge in [-0.15, -0.1) is 0 Å². The van der Waals surface area contributed by atoms with Crippen LogP contribution in [0.1, 0.15) is 18.0 Å². The number of amides is 1. The van der Waals surface area contributed by atoms with Crippen LogP contribution >= 0.6 is 11.8 Å². The maximum absolute atomic E-state index is 12.1. The number of rotatable bonds is 5. The second-order valence-corrected chi connectivity index (χ2v) is 6.75. The number of fused-ring (bicyclic) bond motifs is 1. The van der Waals surface area contributed by atoms with Crippen molar-refractivity contribution in [3.63, 3.8) is 0 Å². The fourth-order valence-corrected chi connectivity index (χ4v) is 3.41. The molecule has 1 fully saturated rings. The molecule has 1 aliphatic heterocycles. The summed E-state index contributed by atoms with van der Waals surface area (Å²) in [6.07, 6.45) is 1.06. The second-order valence-electron chi connectivity index (χ2n) is 5.82. The molecular formula is C18H18N4O2S. The van der Waals surface area contributed by atoms with Crippen molar-refractivity contribution < 1.29 is 9.21 Å². The van der Waals surface area contributed by atoms with Crippen LogP contribution in [0.15, 0.2) is 58.2 Å². The molecule has 0 aliphatic carbocycles. The molecule has 3 aromatic rings. The molecule has 0 bridgehead atoms. The zero-order chi connectivity index (χ0) is 17.1. The van der Waals surface area contributed by atoms with Crippen LogP contribution in [0, 0.1) is 0 Å². The summed E-state index contributed by atoms with van der Waals surface area (Å²) >= 11 is 1.29. The van der Waals surface area contributed by atoms with Gasteiger partial charge in [0.2, 0.25) is 5.91 Å². The van der Waals surface area contributed by atoms with E-state index >= 15 is 0 Å². The van der Waals surface area contributed by atoms with Gasteiger partial charge in [0, 0.05) is 18.3 Å². The van der Waals surface area contributed by atoms with Gasteiger partial charge < -0.3 is 9.73 Å². The van der Waals surface area contributed by atoms with Gasteiger partial charge in [-0.25, -0.2) is 4.98 Å². The minimum Gasteiger partial charge on any atom is -0.431 e. The number of hydrazine groups is 1. The van der Waals surface area contributed by atoms with Crippen LogP contribution in [0.3, 0.4) is 0 Å². The third-order valence-corrected chi connectivity index (χ3v) is 4.86. The lowest BCUT2D eigenvalue weighted by atomic mass is 10.1. The molecule has 7 heteroatoms. The Hall–Kier alpha value is -2.35. The van der Waals surface area contributed by atoms with Crippen LogP contribution < -0.4 is 16.2 Å². The highest BCUT2D eigenvalue weighted by Crippen LogP contribution is 2.24. The van der Waals surface area contributed by atoms with Gasteiger partial charge >= 0.3 is 0 Å². The summed E-state index contributed by atoms with van der Waals surface area (Å²) in [7, 11) is 0. The summed E-state index contributed by atoms with van der Waals surface area (Å²) in [5.74, 6) is 0.170. The second kappa shape index (κ2) is 7.26. The van der Waals surface area contributed by atoms with Crippen molar-refractivity contribution in [2.75, 3.05) is 17.6 Å². The molecule has 0 radical (unpaired) electrons. The van der Waals surface area contributed by atoms with Crippen molar-refractivity contribution in [3.8, 4) is 0 Å². The molecule has 25 heavy (non-hydrogen) atoms. The first-order valence-corrected chi connectivity index (χ1v) is 9.13. The van der Waals surface area contributed by atoms with Crippen molar-refractivity contribution in [2.45, 2.75) is 17.7 Å². The number of thioether (sulfide) groups is 1. The van der Waals surface area contributed by atoms with Gasteiger partial charge in [0.05, 0.1) is 5.75 Å². The first kappa shape index (κ1) is 16.1. The number of anilines is 1. The lowest BCUT2D eigenvalue weighted by Gasteiger charge is -2.11. The quantitative estimate of drug-likeness (QED) is 0.611. The first-order valence-electron chi connectivity index (χ1n) is 8.14. The lowest BCUT2D eigenvalue weighted by Crippen LogP contribution is -2.24. The zero-order valence-corrected chi connectivity index (χ0v) is 14.3. The molecule has 0 saturated carbocycles. The number of benzene rings is 2. The van der Waals surface area contributed by atoms with Crippen molar-refractivity contribution in [2.24, 2.45) is 0 Å². The first-order chi connectivity index (χ1) is 12.3. The summed E-state index contributed by atoms with van der Waals surface area (Å²) in [6, 6.07) is 15.8. The maximum atomic E-state index is 12.1. The standard InChI is InChI=1S/C18H18N4O2S/c23-17(11-25-18-21-15-3-1-2-4-16(15)24-18)20-13-7-5-12(6-8-13)14-9-10-19-22-14/h1-8,14,19,22H,9-11H2,(H,20,23). The largest absolute Gasteiger partial charge is 0.431 e. The number of carbonyl (C=O) groups is 1. The summed E-state index contributed by atoms with van der Waals surface area (Å²) in [4.78, 5) is 16.5. The Kier molecular flexibility index (Phi) is 4.69. The van der Waals surface area contributed by atoms with Gasteiger partial charge in [-0.05, 0) is 36.2 Å². The minimum absolute atomic E-state index is 0.0827. The Labute approximate surface area is 149 Å². The third kappa shape index (κ3) is 3.84. The van der Waals surface area contributed by atoms with E-state index in [0.29, 0.717) is 11.3 Å². The van der Waals surface area contributed by atoms with Crippen LogP contribution in [-0.2, 0) is 4.79 Å². The van der Waals surface area contributed by atoms with E-state index in [0.717, 1.165) is 29.8 Å². The third-order valence-electron chi connectivity index (χ3n) is 4.03. The molecule has 4 rings (SSSR count). The number of hydrogen-bond donors (Lipinski definition) is 3. The Morgan fingerprint density at radius 1 is 1.24 bits per heavy atom. The molecule has 1 amide bonds. The highest BCUT2D eigenvalue weighted by Gasteiger charge is 2.15. The number of nitrogens with one attached hydrogen (secondary N) is 3. The Morgan fingerprint density at radius 2 is 2.08 bits per heavy atom. The average Bonchev–Trinajstić information content (AvgIpc) is 3.30. The van der Waals surface area contributed by atoms with Gasteiger partial charge in [0.1, 0.15) is 5.52 Å². The van der Waals surface area contributed by atoms with E-state index in [2.05, 4.69) is 21.2 Å². The normalized spacial score (nSPS) is 17.0. The van der Waals surface area contributed by atoms with Gasteiger partial charge in [-0.3, -0.25) is 15.6 Å². The molecule has 1 atom stereocenters. The van der Waals surface area contributed by atoms with Crippen molar-refractivity contribution in [3.05, 3.63) is 54.1 Å². The van der Waals surface area contributed by atoms with E-state index in [1.165, 1.54) is 17.3 Å². The van der Waals surface area contributed by atoms with Crippen LogP contribution in [-0.4, -0.2) is 23.2 Å². The number of aromatic nitrogens is 1. The molecular weight excluding hydrogens is 336 g/mol. The Morgan fingerprint density at radius 3 is 2.84 bits per heavy atom. The average molecular weight is 354 g/mol. The highest BCUT2D eigenvalue weighted by molar-refractivity contribution is 7.99. The zero-order valence-electron chi connectivity index (χ0n) is 13.5. The number of oxazole rings is 1. The van der Waals surface area contributed by atoms with Gasteiger partial charge in [-0.1, -0.05) is 36.0 Å². The van der Waals surface area contributed by atoms with E-state index in [-0.39, 0.29) is 11.7 Å². The molecule has 2 aromatic carbocycles. The summed E-state index contributed by atoms with van der Waals surface area (Å²) < 4.78 is 5.60. The van der Waals surface area contributed by atoms with Crippen molar-refractivity contribution in [1.82, 2.24) is 15.8 Å². The van der Waals surface area contributed by atoms with Crippen LogP contribution in [0.4, 0.5) is 5.69 Å². The molecule has 0 spiro atoms. The Bertz CT molecular complexity index is 839. The minimum atomic E-state index is -0.0827. The van der Waals surface area contributed by atoms with Crippen LogP contribution in [0.25, 0.3) is 11.1 Å². The summed E-state index contributed by atoms with van der Waals surface area (Å²) in [6.45, 7) is 0.968.